The molecule has 0 N–H and O–H groups in total. The molecule has 0 bridgehead atoms. The summed E-state index contributed by atoms with van der Waals surface area (Å²) in [5.74, 6) is -0.646. The molecule has 0 amide bonds. The Morgan fingerprint density at radius 1 is 1.05 bits per heavy atom. The minimum Gasteiger partial charge on any atom is -0.219 e. The molecule has 2 rings (SSSR count). The Morgan fingerprint density at radius 3 is 2.37 bits per heavy atom. The molecule has 0 aliphatic rings. The SMILES string of the molecule is O=S(=O)(/C=C/c1ccccc1)c1ccc(F)c(Cl)c1. The van der Waals surface area contributed by atoms with E-state index >= 15 is 0 Å². The average Bonchev–Trinajstić information content (AvgIpc) is 2.41. The Hall–Kier alpha value is -1.65. The summed E-state index contributed by atoms with van der Waals surface area (Å²) in [6, 6.07) is 12.3. The van der Waals surface area contributed by atoms with Crippen molar-refractivity contribution in [1.29, 1.82) is 0 Å². The largest absolute Gasteiger partial charge is 0.219 e. The van der Waals surface area contributed by atoms with E-state index < -0.39 is 15.7 Å². The van der Waals surface area contributed by atoms with Crippen LogP contribution in [0.4, 0.5) is 4.39 Å². The maximum atomic E-state index is 13.0. The fourth-order valence-corrected chi connectivity index (χ4v) is 2.74. The quantitative estimate of drug-likeness (QED) is 0.804. The first kappa shape index (κ1) is 13.8. The lowest BCUT2D eigenvalue weighted by atomic mass is 10.2. The van der Waals surface area contributed by atoms with Crippen molar-refractivity contribution in [2.24, 2.45) is 0 Å². The molecule has 0 spiro atoms. The van der Waals surface area contributed by atoms with Crippen LogP contribution in [0, 0.1) is 5.82 Å². The van der Waals surface area contributed by atoms with Crippen molar-refractivity contribution in [2.75, 3.05) is 0 Å². The zero-order valence-corrected chi connectivity index (χ0v) is 11.3. The van der Waals surface area contributed by atoms with Gasteiger partial charge in [0.25, 0.3) is 0 Å². The van der Waals surface area contributed by atoms with Crippen molar-refractivity contribution in [3.8, 4) is 0 Å². The number of benzene rings is 2. The van der Waals surface area contributed by atoms with Crippen molar-refractivity contribution in [1.82, 2.24) is 0 Å². The minimum absolute atomic E-state index is 0.0360. The average molecular weight is 297 g/mol. The number of halogens is 2. The van der Waals surface area contributed by atoms with Gasteiger partial charge in [0, 0.05) is 5.41 Å². The highest BCUT2D eigenvalue weighted by atomic mass is 35.5. The van der Waals surface area contributed by atoms with Gasteiger partial charge >= 0.3 is 0 Å². The van der Waals surface area contributed by atoms with Gasteiger partial charge in [-0.25, -0.2) is 12.8 Å². The van der Waals surface area contributed by atoms with Gasteiger partial charge in [0.15, 0.2) is 9.84 Å². The third-order valence-electron chi connectivity index (χ3n) is 2.46. The highest BCUT2D eigenvalue weighted by molar-refractivity contribution is 7.94. The van der Waals surface area contributed by atoms with Crippen LogP contribution in [0.15, 0.2) is 58.8 Å². The highest BCUT2D eigenvalue weighted by Crippen LogP contribution is 2.21. The molecule has 0 saturated carbocycles. The van der Waals surface area contributed by atoms with Crippen LogP contribution in [0.3, 0.4) is 0 Å². The Bertz CT molecular complexity index is 709. The van der Waals surface area contributed by atoms with Gasteiger partial charge < -0.3 is 0 Å². The molecule has 0 atom stereocenters. The summed E-state index contributed by atoms with van der Waals surface area (Å²) in [5, 5.41) is 0.862. The van der Waals surface area contributed by atoms with Gasteiger partial charge in [-0.1, -0.05) is 41.9 Å². The second kappa shape index (κ2) is 5.55. The number of hydrogen-bond acceptors (Lipinski definition) is 2. The lowest BCUT2D eigenvalue weighted by Gasteiger charge is -2.00. The lowest BCUT2D eigenvalue weighted by Crippen LogP contribution is -1.96. The molecule has 19 heavy (non-hydrogen) atoms. The molecule has 2 nitrogen and oxygen atoms in total. The molecule has 0 heterocycles. The van der Waals surface area contributed by atoms with Crippen LogP contribution in [0.2, 0.25) is 5.02 Å². The molecule has 5 heteroatoms. The zero-order valence-electron chi connectivity index (χ0n) is 9.75. The van der Waals surface area contributed by atoms with E-state index in [0.29, 0.717) is 0 Å². The molecule has 2 aromatic rings. The minimum atomic E-state index is -3.63. The molecule has 0 radical (unpaired) electrons. The van der Waals surface area contributed by atoms with E-state index in [0.717, 1.165) is 23.1 Å². The van der Waals surface area contributed by atoms with E-state index in [-0.39, 0.29) is 9.92 Å². The summed E-state index contributed by atoms with van der Waals surface area (Å²) in [5.41, 5.74) is 0.763. The van der Waals surface area contributed by atoms with E-state index in [1.54, 1.807) is 24.3 Å². The standard InChI is InChI=1S/C14H10ClFO2S/c15-13-10-12(6-7-14(13)16)19(17,18)9-8-11-4-2-1-3-5-11/h1-10H/b9-8+. The lowest BCUT2D eigenvalue weighted by molar-refractivity contribution is 0.603. The summed E-state index contributed by atoms with van der Waals surface area (Å²) in [4.78, 5) is -0.0360. The van der Waals surface area contributed by atoms with Crippen molar-refractivity contribution in [2.45, 2.75) is 4.90 Å². The van der Waals surface area contributed by atoms with Gasteiger partial charge in [-0.15, -0.1) is 0 Å². The van der Waals surface area contributed by atoms with Crippen LogP contribution < -0.4 is 0 Å². The fraction of sp³-hybridized carbons (Fsp3) is 0. The van der Waals surface area contributed by atoms with Crippen LogP contribution in [0.1, 0.15) is 5.56 Å². The number of sulfone groups is 1. The van der Waals surface area contributed by atoms with Crippen LogP contribution in [-0.2, 0) is 9.84 Å². The first-order valence-electron chi connectivity index (χ1n) is 5.42. The molecule has 2 aromatic carbocycles. The molecule has 0 unspecified atom stereocenters. The van der Waals surface area contributed by atoms with Crippen LogP contribution in [0.25, 0.3) is 6.08 Å². The molecule has 0 aliphatic heterocycles. The monoisotopic (exact) mass is 296 g/mol. The van der Waals surface area contributed by atoms with E-state index in [9.17, 15) is 12.8 Å². The van der Waals surface area contributed by atoms with Crippen molar-refractivity contribution in [3.63, 3.8) is 0 Å². The molecule has 0 aromatic heterocycles. The van der Waals surface area contributed by atoms with Crippen LogP contribution in [0.5, 0.6) is 0 Å². The molecule has 0 fully saturated rings. The first-order chi connectivity index (χ1) is 8.99. The van der Waals surface area contributed by atoms with Crippen molar-refractivity contribution < 1.29 is 12.8 Å². The normalized spacial score (nSPS) is 11.9. The Balaban J connectivity index is 2.33. The molecular formula is C14H10ClFO2S. The smallest absolute Gasteiger partial charge is 0.199 e. The summed E-state index contributed by atoms with van der Waals surface area (Å²) in [7, 11) is -3.63. The summed E-state index contributed by atoms with van der Waals surface area (Å²) in [6.45, 7) is 0. The first-order valence-corrected chi connectivity index (χ1v) is 7.35. The third kappa shape index (κ3) is 3.43. The number of hydrogen-bond donors (Lipinski definition) is 0. The van der Waals surface area contributed by atoms with Gasteiger partial charge in [0.05, 0.1) is 9.92 Å². The Kier molecular flexibility index (Phi) is 4.02. The van der Waals surface area contributed by atoms with E-state index in [2.05, 4.69) is 0 Å². The predicted molar refractivity (Wildman–Crippen MR) is 74.1 cm³/mol. The van der Waals surface area contributed by atoms with Gasteiger partial charge in [-0.2, -0.15) is 0 Å². The van der Waals surface area contributed by atoms with E-state index in [1.165, 1.54) is 12.1 Å². The second-order valence-corrected chi connectivity index (χ2v) is 6.08. The van der Waals surface area contributed by atoms with Crippen LogP contribution in [-0.4, -0.2) is 8.42 Å². The molecule has 98 valence electrons. The third-order valence-corrected chi connectivity index (χ3v) is 4.15. The molecule has 0 aliphatic carbocycles. The summed E-state index contributed by atoms with van der Waals surface area (Å²) in [6.07, 6.45) is 1.48. The maximum absolute atomic E-state index is 13.0. The zero-order chi connectivity index (χ0) is 13.9. The van der Waals surface area contributed by atoms with Gasteiger partial charge in [-0.3, -0.25) is 0 Å². The van der Waals surface area contributed by atoms with Gasteiger partial charge in [0.1, 0.15) is 5.82 Å². The van der Waals surface area contributed by atoms with Gasteiger partial charge in [0.2, 0.25) is 0 Å². The topological polar surface area (TPSA) is 34.1 Å². The number of rotatable bonds is 3. The maximum Gasteiger partial charge on any atom is 0.199 e. The molecular weight excluding hydrogens is 287 g/mol. The summed E-state index contributed by atoms with van der Waals surface area (Å²) >= 11 is 5.57. The Labute approximate surface area is 116 Å². The van der Waals surface area contributed by atoms with E-state index in [1.807, 2.05) is 6.07 Å². The van der Waals surface area contributed by atoms with Gasteiger partial charge in [-0.05, 0) is 29.8 Å². The van der Waals surface area contributed by atoms with E-state index in [4.69, 9.17) is 11.6 Å². The predicted octanol–water partition coefficient (Wildman–Crippen LogP) is 3.92. The highest BCUT2D eigenvalue weighted by Gasteiger charge is 2.12. The summed E-state index contributed by atoms with van der Waals surface area (Å²) < 4.78 is 37.0. The Morgan fingerprint density at radius 2 is 1.74 bits per heavy atom. The fourth-order valence-electron chi connectivity index (χ4n) is 1.46. The molecule has 0 saturated heterocycles. The van der Waals surface area contributed by atoms with Crippen LogP contribution >= 0.6 is 11.6 Å². The van der Waals surface area contributed by atoms with Crippen molar-refractivity contribution in [3.05, 3.63) is 70.3 Å². The van der Waals surface area contributed by atoms with Crippen molar-refractivity contribution >= 4 is 27.5 Å². The second-order valence-electron chi connectivity index (χ2n) is 3.83.